The molecule has 10 amide bonds. The molecular formula is C64H114N10O14. The van der Waals surface area contributed by atoms with E-state index in [1.807, 2.05) is 69.2 Å². The van der Waals surface area contributed by atoms with Crippen LogP contribution >= 0.6 is 0 Å². The van der Waals surface area contributed by atoms with Crippen LogP contribution in [0.5, 0.6) is 0 Å². The van der Waals surface area contributed by atoms with Gasteiger partial charge >= 0.3 is 5.97 Å². The number of rotatable bonds is 17. The van der Waals surface area contributed by atoms with E-state index in [-0.39, 0.29) is 68.1 Å². The van der Waals surface area contributed by atoms with Crippen LogP contribution in [0, 0.1) is 47.3 Å². The van der Waals surface area contributed by atoms with Crippen LogP contribution in [-0.2, 0) is 57.5 Å². The molecule has 13 atom stereocenters. The number of amides is 10. The fourth-order valence-corrected chi connectivity index (χ4v) is 10.8. The first-order valence-electron chi connectivity index (χ1n) is 31.5. The topological polar surface area (TPSA) is 305 Å². The quantitative estimate of drug-likeness (QED) is 0.0900. The summed E-state index contributed by atoms with van der Waals surface area (Å²) in [4.78, 5) is 167. The molecule has 6 N–H and O–H groups in total. The van der Waals surface area contributed by atoms with Gasteiger partial charge in [0.1, 0.15) is 54.4 Å². The molecule has 1 fully saturated rings. The van der Waals surface area contributed by atoms with E-state index >= 15 is 4.79 Å². The lowest BCUT2D eigenvalue weighted by atomic mass is 9.91. The van der Waals surface area contributed by atoms with Crippen LogP contribution < -0.4 is 21.3 Å². The summed E-state index contributed by atoms with van der Waals surface area (Å²) in [6.07, 6.45) is -0.368. The van der Waals surface area contributed by atoms with Crippen molar-refractivity contribution in [3.8, 4) is 0 Å². The molecule has 1 saturated heterocycles. The summed E-state index contributed by atoms with van der Waals surface area (Å²) in [5.74, 6) is -11.6. The summed E-state index contributed by atoms with van der Waals surface area (Å²) in [5, 5.41) is 34.2. The van der Waals surface area contributed by atoms with E-state index < -0.39 is 162 Å². The zero-order valence-corrected chi connectivity index (χ0v) is 57.6. The molecule has 1 aliphatic rings. The number of cyclic esters (lactones) is 1. The van der Waals surface area contributed by atoms with Crippen molar-refractivity contribution >= 4 is 65.0 Å². The summed E-state index contributed by atoms with van der Waals surface area (Å²) >= 11 is 0. The number of carbonyl (C=O) groups is 11. The summed E-state index contributed by atoms with van der Waals surface area (Å²) in [6.45, 7) is 30.5. The monoisotopic (exact) mass is 1250 g/mol. The molecule has 0 aromatic heterocycles. The van der Waals surface area contributed by atoms with Crippen LogP contribution in [0.15, 0.2) is 12.2 Å². The smallest absolute Gasteiger partial charge is 0.329 e. The van der Waals surface area contributed by atoms with E-state index in [0.717, 1.165) is 14.7 Å². The van der Waals surface area contributed by atoms with Gasteiger partial charge in [0.25, 0.3) is 5.91 Å². The molecule has 1 heterocycles. The van der Waals surface area contributed by atoms with Crippen molar-refractivity contribution in [3.63, 3.8) is 0 Å². The zero-order chi connectivity index (χ0) is 68.3. The molecule has 0 radical (unpaired) electrons. The molecule has 0 unspecified atom stereocenters. The van der Waals surface area contributed by atoms with Crippen molar-refractivity contribution in [3.05, 3.63) is 12.2 Å². The van der Waals surface area contributed by atoms with E-state index in [1.54, 1.807) is 53.7 Å². The molecule has 0 aliphatic carbocycles. The summed E-state index contributed by atoms with van der Waals surface area (Å²) in [7, 11) is 8.12. The Morgan fingerprint density at radius 1 is 0.477 bits per heavy atom. The Balaban J connectivity index is 4.41. The number of esters is 1. The van der Waals surface area contributed by atoms with Gasteiger partial charge in [0.15, 0.2) is 6.10 Å². The van der Waals surface area contributed by atoms with Crippen LogP contribution in [0.1, 0.15) is 163 Å². The van der Waals surface area contributed by atoms with Crippen LogP contribution in [0.3, 0.4) is 0 Å². The molecule has 1 rings (SSSR count). The second-order valence-corrected chi connectivity index (χ2v) is 27.3. The number of hydrogen-bond acceptors (Lipinski definition) is 14. The van der Waals surface area contributed by atoms with Gasteiger partial charge in [0, 0.05) is 42.3 Å². The van der Waals surface area contributed by atoms with Crippen molar-refractivity contribution in [2.75, 3.05) is 48.8 Å². The average molecular weight is 1250 g/mol. The molecule has 0 spiro atoms. The summed E-state index contributed by atoms with van der Waals surface area (Å²) in [6, 6.07) is -12.2. The van der Waals surface area contributed by atoms with Crippen molar-refractivity contribution in [1.82, 2.24) is 50.7 Å². The molecule has 0 aromatic rings. The highest BCUT2D eigenvalue weighted by Crippen LogP contribution is 2.25. The Labute approximate surface area is 525 Å². The van der Waals surface area contributed by atoms with Gasteiger partial charge in [0.2, 0.25) is 53.2 Å². The first-order chi connectivity index (χ1) is 40.5. The molecule has 88 heavy (non-hydrogen) atoms. The van der Waals surface area contributed by atoms with Crippen molar-refractivity contribution in [1.29, 1.82) is 0 Å². The van der Waals surface area contributed by atoms with E-state index in [9.17, 15) is 58.2 Å². The van der Waals surface area contributed by atoms with Gasteiger partial charge in [-0.1, -0.05) is 116 Å². The Bertz CT molecular complexity index is 2390. The van der Waals surface area contributed by atoms with Gasteiger partial charge in [-0.05, 0) is 107 Å². The maximum Gasteiger partial charge on any atom is 0.329 e. The molecule has 24 nitrogen and oxygen atoms in total. The highest BCUT2D eigenvalue weighted by molar-refractivity contribution is 5.99. The second kappa shape index (κ2) is 36.5. The van der Waals surface area contributed by atoms with Crippen LogP contribution in [0.25, 0.3) is 0 Å². The number of nitrogens with zero attached hydrogens (tertiary/aromatic N) is 6. The third kappa shape index (κ3) is 23.3. The summed E-state index contributed by atoms with van der Waals surface area (Å²) in [5.41, 5.74) is 0. The van der Waals surface area contributed by atoms with E-state index in [0.29, 0.717) is 0 Å². The number of aliphatic hydroxyl groups is 2. The number of ether oxygens (including phenoxy) is 1. The maximum atomic E-state index is 15.1. The number of nitrogens with one attached hydrogen (secondary N) is 4. The van der Waals surface area contributed by atoms with Gasteiger partial charge in [-0.15, -0.1) is 0 Å². The SMILES string of the molecule is C/C=C/C[C@@H](C)[C@@H](O)[C@H]1C(=O)N[C@@H]([C@@H](C)O)C(=O)N(C)CC(=O)N(C)[C@@H](CC(C)C)C(=O)N[C@@H](CC(C)C)C(=O)N(C)[C@@H](CC(C)C)C(=O)N[C@@H](C)C(=O)O[C@H](C(C)C)C(=O)N(C)[C@H](CC(C)C)C(=O)N[C@@H](CC(C)C)C(=O)N(C)[C@@H](C(C)C)C(=O)N1C. The number of likely N-dealkylation sites (N-methyl/N-ethyl adjacent to an activating group) is 6. The highest BCUT2D eigenvalue weighted by Gasteiger charge is 2.46. The maximum absolute atomic E-state index is 15.1. The van der Waals surface area contributed by atoms with E-state index in [1.165, 1.54) is 70.8 Å². The Morgan fingerprint density at radius 3 is 1.27 bits per heavy atom. The van der Waals surface area contributed by atoms with E-state index in [4.69, 9.17) is 4.74 Å². The third-order valence-corrected chi connectivity index (χ3v) is 16.1. The minimum Gasteiger partial charge on any atom is -0.450 e. The molecule has 0 aromatic carbocycles. The molecular weight excluding hydrogens is 1130 g/mol. The Morgan fingerprint density at radius 2 is 0.875 bits per heavy atom. The fourth-order valence-electron chi connectivity index (χ4n) is 10.8. The lowest BCUT2D eigenvalue weighted by Gasteiger charge is -2.40. The lowest BCUT2D eigenvalue weighted by Crippen LogP contribution is -2.64. The molecule has 1 aliphatic heterocycles. The van der Waals surface area contributed by atoms with Crippen LogP contribution in [0.2, 0.25) is 0 Å². The number of hydrogen-bond donors (Lipinski definition) is 6. The Kier molecular flexibility index (Phi) is 33.1. The van der Waals surface area contributed by atoms with Crippen LogP contribution in [0.4, 0.5) is 0 Å². The first-order valence-corrected chi connectivity index (χ1v) is 31.5. The fraction of sp³-hybridized carbons (Fsp3) is 0.797. The largest absolute Gasteiger partial charge is 0.450 e. The van der Waals surface area contributed by atoms with Crippen molar-refractivity contribution in [2.45, 2.75) is 236 Å². The van der Waals surface area contributed by atoms with Crippen molar-refractivity contribution in [2.24, 2.45) is 47.3 Å². The highest BCUT2D eigenvalue weighted by atomic mass is 16.6. The second-order valence-electron chi connectivity index (χ2n) is 27.3. The van der Waals surface area contributed by atoms with Gasteiger partial charge in [-0.25, -0.2) is 4.79 Å². The molecule has 0 bridgehead atoms. The number of allylic oxidation sites excluding steroid dienone is 2. The lowest BCUT2D eigenvalue weighted by molar-refractivity contribution is -0.166. The summed E-state index contributed by atoms with van der Waals surface area (Å²) < 4.78 is 5.89. The third-order valence-electron chi connectivity index (χ3n) is 16.1. The predicted octanol–water partition coefficient (Wildman–Crippen LogP) is 3.35. The van der Waals surface area contributed by atoms with Gasteiger partial charge in [-0.3, -0.25) is 47.9 Å². The van der Waals surface area contributed by atoms with Crippen molar-refractivity contribution < 1.29 is 67.7 Å². The van der Waals surface area contributed by atoms with Crippen LogP contribution in [-0.4, -0.2) is 226 Å². The molecule has 504 valence electrons. The zero-order valence-electron chi connectivity index (χ0n) is 57.6. The predicted molar refractivity (Wildman–Crippen MR) is 337 cm³/mol. The molecule has 0 saturated carbocycles. The first kappa shape index (κ1) is 79.8. The number of aliphatic hydroxyl groups excluding tert-OH is 2. The Hall–Kier alpha value is -6.17. The number of carbonyl (C=O) groups excluding carboxylic acids is 11. The molecule has 24 heteroatoms. The normalized spacial score (nSPS) is 26.7. The average Bonchev–Trinajstić information content (AvgIpc) is 3.61. The standard InChI is InChI=1S/C64H114N10O14/c1-25-26-27-41(16)53(77)52-58(81)68-50(43(18)75)61(84)69(19)33-49(76)70(20)46(30-36(6)7)56(79)66-44(28-34(2)3)59(82)71(21)47(31-37(8)9)55(78)65-42(17)64(87)88-54(40(14)15)63(86)72(22)48(32-38(10)11)57(80)67-45(29-35(4)5)60(83)73(23)51(39(12)13)62(85)74(52)24/h25-26,34-48,50-54,75,77H,27-33H2,1-24H3,(H,65,78)(H,66,79)(H,67,80)(H,68,81)/b26-25+/t41-,42+,43-,44+,45+,46+,47+,48-,50+,51+,52+,53-,54-/m1/s1. The minimum atomic E-state index is -1.75. The van der Waals surface area contributed by atoms with Gasteiger partial charge in [0.05, 0.1) is 18.8 Å². The van der Waals surface area contributed by atoms with Gasteiger partial charge in [-0.2, -0.15) is 0 Å². The van der Waals surface area contributed by atoms with Gasteiger partial charge < -0.3 is 65.6 Å². The van der Waals surface area contributed by atoms with E-state index in [2.05, 4.69) is 21.3 Å². The minimum absolute atomic E-state index is 0.0804.